The first-order valence-corrected chi connectivity index (χ1v) is 6.31. The first-order chi connectivity index (χ1) is 9.04. The molecule has 1 amide bonds. The molecular formula is C13H19N3O3. The number of amides is 1. The second kappa shape index (κ2) is 7.45. The van der Waals surface area contributed by atoms with E-state index in [4.69, 9.17) is 5.11 Å². The standard InChI is InChI=1S/C13H19N3O3/c1-3-9(2)12(13(18)19)16-11(17)5-4-10-6-7-14-8-15-10/h6-9,12H,3-5H2,1-2H3,(H,16,17)(H,18,19)/t9-,12-/m0/s1. The zero-order valence-corrected chi connectivity index (χ0v) is 11.2. The van der Waals surface area contributed by atoms with E-state index in [-0.39, 0.29) is 18.2 Å². The molecule has 0 fully saturated rings. The Morgan fingerprint density at radius 1 is 1.47 bits per heavy atom. The molecule has 0 aliphatic rings. The Hall–Kier alpha value is -1.98. The number of rotatable bonds is 7. The molecule has 0 aliphatic carbocycles. The van der Waals surface area contributed by atoms with Crippen LogP contribution < -0.4 is 5.32 Å². The largest absolute Gasteiger partial charge is 0.480 e. The van der Waals surface area contributed by atoms with E-state index in [1.54, 1.807) is 12.3 Å². The van der Waals surface area contributed by atoms with E-state index in [0.29, 0.717) is 12.8 Å². The van der Waals surface area contributed by atoms with Gasteiger partial charge in [0.15, 0.2) is 0 Å². The molecule has 6 heteroatoms. The highest BCUT2D eigenvalue weighted by Gasteiger charge is 2.24. The van der Waals surface area contributed by atoms with Crippen molar-refractivity contribution in [3.8, 4) is 0 Å². The lowest BCUT2D eigenvalue weighted by Crippen LogP contribution is -2.45. The summed E-state index contributed by atoms with van der Waals surface area (Å²) in [6, 6.07) is 0.902. The highest BCUT2D eigenvalue weighted by atomic mass is 16.4. The average molecular weight is 265 g/mol. The number of hydrogen-bond donors (Lipinski definition) is 2. The molecule has 0 radical (unpaired) electrons. The molecule has 0 saturated heterocycles. The third-order valence-corrected chi connectivity index (χ3v) is 3.05. The second-order valence-electron chi connectivity index (χ2n) is 4.47. The van der Waals surface area contributed by atoms with Gasteiger partial charge in [-0.25, -0.2) is 14.8 Å². The first kappa shape index (κ1) is 15.1. The second-order valence-corrected chi connectivity index (χ2v) is 4.47. The number of nitrogens with one attached hydrogen (secondary N) is 1. The minimum Gasteiger partial charge on any atom is -0.480 e. The predicted octanol–water partition coefficient (Wildman–Crippen LogP) is 1.02. The Bertz CT molecular complexity index is 422. The Morgan fingerprint density at radius 3 is 2.74 bits per heavy atom. The number of aliphatic carboxylic acids is 1. The molecular weight excluding hydrogens is 246 g/mol. The molecule has 0 bridgehead atoms. The Morgan fingerprint density at radius 2 is 2.21 bits per heavy atom. The minimum absolute atomic E-state index is 0.0968. The maximum absolute atomic E-state index is 11.7. The van der Waals surface area contributed by atoms with Crippen molar-refractivity contribution >= 4 is 11.9 Å². The molecule has 0 spiro atoms. The maximum atomic E-state index is 11.7. The molecule has 1 aromatic rings. The summed E-state index contributed by atoms with van der Waals surface area (Å²) in [5, 5.41) is 11.6. The molecule has 1 aromatic heterocycles. The highest BCUT2D eigenvalue weighted by Crippen LogP contribution is 2.08. The molecule has 2 N–H and O–H groups in total. The van der Waals surface area contributed by atoms with Crippen molar-refractivity contribution in [3.05, 3.63) is 24.3 Å². The van der Waals surface area contributed by atoms with Gasteiger partial charge in [0.25, 0.3) is 0 Å². The van der Waals surface area contributed by atoms with Crippen molar-refractivity contribution in [3.63, 3.8) is 0 Å². The van der Waals surface area contributed by atoms with Crippen LogP contribution in [0.2, 0.25) is 0 Å². The van der Waals surface area contributed by atoms with Gasteiger partial charge >= 0.3 is 5.97 Å². The fourth-order valence-electron chi connectivity index (χ4n) is 1.64. The summed E-state index contributed by atoms with van der Waals surface area (Å²) in [5.74, 6) is -1.36. The lowest BCUT2D eigenvalue weighted by atomic mass is 9.99. The van der Waals surface area contributed by atoms with Gasteiger partial charge in [0, 0.05) is 18.3 Å². The number of carboxylic acid groups (broad SMARTS) is 1. The summed E-state index contributed by atoms with van der Waals surface area (Å²) in [4.78, 5) is 30.6. The summed E-state index contributed by atoms with van der Waals surface area (Å²) in [5.41, 5.74) is 0.764. The van der Waals surface area contributed by atoms with Crippen LogP contribution in [-0.4, -0.2) is 33.0 Å². The number of nitrogens with zero attached hydrogens (tertiary/aromatic N) is 2. The van der Waals surface area contributed by atoms with Crippen LogP contribution in [0.3, 0.4) is 0 Å². The number of carboxylic acids is 1. The van der Waals surface area contributed by atoms with E-state index >= 15 is 0 Å². The molecule has 19 heavy (non-hydrogen) atoms. The van der Waals surface area contributed by atoms with E-state index in [2.05, 4.69) is 15.3 Å². The molecule has 104 valence electrons. The van der Waals surface area contributed by atoms with Crippen LogP contribution in [0.15, 0.2) is 18.6 Å². The normalized spacial score (nSPS) is 13.6. The van der Waals surface area contributed by atoms with Crippen molar-refractivity contribution in [2.75, 3.05) is 0 Å². The Labute approximate surface area is 112 Å². The van der Waals surface area contributed by atoms with Gasteiger partial charge in [-0.3, -0.25) is 4.79 Å². The monoisotopic (exact) mass is 265 g/mol. The van der Waals surface area contributed by atoms with Gasteiger partial charge in [-0.2, -0.15) is 0 Å². The third kappa shape index (κ3) is 5.03. The lowest BCUT2D eigenvalue weighted by Gasteiger charge is -2.20. The lowest BCUT2D eigenvalue weighted by molar-refractivity contribution is -0.143. The predicted molar refractivity (Wildman–Crippen MR) is 69.4 cm³/mol. The molecule has 1 heterocycles. The number of hydrogen-bond acceptors (Lipinski definition) is 4. The van der Waals surface area contributed by atoms with Crippen LogP contribution in [-0.2, 0) is 16.0 Å². The number of aryl methyl sites for hydroxylation is 1. The SMILES string of the molecule is CC[C@H](C)[C@H](NC(=O)CCc1ccncn1)C(=O)O. The van der Waals surface area contributed by atoms with Crippen molar-refractivity contribution in [1.82, 2.24) is 15.3 Å². The van der Waals surface area contributed by atoms with Crippen LogP contribution in [0.5, 0.6) is 0 Å². The van der Waals surface area contributed by atoms with Gasteiger partial charge in [-0.05, 0) is 18.4 Å². The zero-order valence-electron chi connectivity index (χ0n) is 11.2. The summed E-state index contributed by atoms with van der Waals surface area (Å²) < 4.78 is 0. The summed E-state index contributed by atoms with van der Waals surface area (Å²) in [7, 11) is 0. The van der Waals surface area contributed by atoms with Crippen molar-refractivity contribution in [1.29, 1.82) is 0 Å². The van der Waals surface area contributed by atoms with Crippen LogP contribution in [0.1, 0.15) is 32.4 Å². The van der Waals surface area contributed by atoms with Crippen LogP contribution in [0, 0.1) is 5.92 Å². The van der Waals surface area contributed by atoms with Gasteiger partial charge < -0.3 is 10.4 Å². The maximum Gasteiger partial charge on any atom is 0.326 e. The van der Waals surface area contributed by atoms with Crippen LogP contribution in [0.4, 0.5) is 0 Å². The minimum atomic E-state index is -0.996. The fourth-order valence-corrected chi connectivity index (χ4v) is 1.64. The average Bonchev–Trinajstić information content (AvgIpc) is 2.42. The molecule has 0 saturated carbocycles. The zero-order chi connectivity index (χ0) is 14.3. The van der Waals surface area contributed by atoms with Gasteiger partial charge in [0.05, 0.1) is 0 Å². The molecule has 0 unspecified atom stereocenters. The van der Waals surface area contributed by atoms with Crippen molar-refractivity contribution < 1.29 is 14.7 Å². The highest BCUT2D eigenvalue weighted by molar-refractivity contribution is 5.83. The summed E-state index contributed by atoms with van der Waals surface area (Å²) >= 11 is 0. The van der Waals surface area contributed by atoms with Crippen molar-refractivity contribution in [2.24, 2.45) is 5.92 Å². The van der Waals surface area contributed by atoms with E-state index in [0.717, 1.165) is 5.69 Å². The van der Waals surface area contributed by atoms with Gasteiger partial charge in [-0.1, -0.05) is 20.3 Å². The molecule has 0 aromatic carbocycles. The topological polar surface area (TPSA) is 92.2 Å². The summed E-state index contributed by atoms with van der Waals surface area (Å²) in [6.45, 7) is 3.71. The smallest absolute Gasteiger partial charge is 0.326 e. The Balaban J connectivity index is 2.47. The van der Waals surface area contributed by atoms with Gasteiger partial charge in [0.1, 0.15) is 12.4 Å². The fraction of sp³-hybridized carbons (Fsp3) is 0.538. The van der Waals surface area contributed by atoms with Crippen molar-refractivity contribution in [2.45, 2.75) is 39.2 Å². The van der Waals surface area contributed by atoms with E-state index in [1.807, 2.05) is 13.8 Å². The van der Waals surface area contributed by atoms with Gasteiger partial charge in [0.2, 0.25) is 5.91 Å². The molecule has 0 aliphatic heterocycles. The molecule has 2 atom stereocenters. The first-order valence-electron chi connectivity index (χ1n) is 6.31. The van der Waals surface area contributed by atoms with Crippen LogP contribution in [0.25, 0.3) is 0 Å². The third-order valence-electron chi connectivity index (χ3n) is 3.05. The van der Waals surface area contributed by atoms with Crippen LogP contribution >= 0.6 is 0 Å². The summed E-state index contributed by atoms with van der Waals surface area (Å²) in [6.07, 6.45) is 4.42. The quantitative estimate of drug-likeness (QED) is 0.768. The molecule has 1 rings (SSSR count). The molecule has 6 nitrogen and oxygen atoms in total. The number of carbonyl (C=O) groups excluding carboxylic acids is 1. The van der Waals surface area contributed by atoms with E-state index < -0.39 is 12.0 Å². The number of carbonyl (C=O) groups is 2. The van der Waals surface area contributed by atoms with Gasteiger partial charge in [-0.15, -0.1) is 0 Å². The Kier molecular flexibility index (Phi) is 5.92. The van der Waals surface area contributed by atoms with E-state index in [9.17, 15) is 9.59 Å². The van der Waals surface area contributed by atoms with E-state index in [1.165, 1.54) is 6.33 Å². The number of aromatic nitrogens is 2.